The van der Waals surface area contributed by atoms with Crippen LogP contribution in [0.15, 0.2) is 28.8 Å². The van der Waals surface area contributed by atoms with Crippen molar-refractivity contribution in [1.82, 2.24) is 10.1 Å². The number of amides is 1. The van der Waals surface area contributed by atoms with Gasteiger partial charge < -0.3 is 24.1 Å². The van der Waals surface area contributed by atoms with E-state index in [9.17, 15) is 4.79 Å². The maximum atomic E-state index is 12.1. The second kappa shape index (κ2) is 9.47. The number of benzene rings is 1. The highest BCUT2D eigenvalue weighted by molar-refractivity contribution is 5.89. The lowest BCUT2D eigenvalue weighted by molar-refractivity contribution is -0.116. The fourth-order valence-corrected chi connectivity index (χ4v) is 3.35. The number of nitrogens with zero attached hydrogens (tertiary/aromatic N) is 2. The molecule has 0 unspecified atom stereocenters. The Morgan fingerprint density at radius 2 is 1.90 bits per heavy atom. The molecule has 2 heterocycles. The van der Waals surface area contributed by atoms with Crippen LogP contribution in [0.5, 0.6) is 17.2 Å². The van der Waals surface area contributed by atoms with Crippen LogP contribution in [-0.2, 0) is 4.79 Å². The molecule has 1 aliphatic rings. The first-order chi connectivity index (χ1) is 14.0. The van der Waals surface area contributed by atoms with Gasteiger partial charge in [0.25, 0.3) is 0 Å². The molecule has 1 aromatic carbocycles. The molecular formula is C21H27N3O5. The van der Waals surface area contributed by atoms with E-state index in [1.807, 2.05) is 12.1 Å². The fourth-order valence-electron chi connectivity index (χ4n) is 3.35. The number of ether oxygens (including phenoxy) is 3. The predicted molar refractivity (Wildman–Crippen MR) is 110 cm³/mol. The van der Waals surface area contributed by atoms with Gasteiger partial charge in [0.15, 0.2) is 5.82 Å². The van der Waals surface area contributed by atoms with Gasteiger partial charge in [0.1, 0.15) is 23.0 Å². The monoisotopic (exact) mass is 401 g/mol. The van der Waals surface area contributed by atoms with Crippen LogP contribution in [-0.4, -0.2) is 56.9 Å². The number of aromatic nitrogens is 1. The van der Waals surface area contributed by atoms with Crippen LogP contribution < -0.4 is 19.5 Å². The van der Waals surface area contributed by atoms with E-state index in [-0.39, 0.29) is 5.91 Å². The van der Waals surface area contributed by atoms with Gasteiger partial charge in [-0.05, 0) is 18.9 Å². The summed E-state index contributed by atoms with van der Waals surface area (Å²) in [5, 5.41) is 6.52. The quantitative estimate of drug-likeness (QED) is 0.727. The molecule has 3 rings (SSSR count). The number of nitrogens with one attached hydrogen (secondary N) is 1. The number of rotatable bonds is 8. The first-order valence-electron chi connectivity index (χ1n) is 9.49. The summed E-state index contributed by atoms with van der Waals surface area (Å²) in [6, 6.07) is 5.42. The Balaban J connectivity index is 1.61. The van der Waals surface area contributed by atoms with E-state index in [1.165, 1.54) is 5.57 Å². The van der Waals surface area contributed by atoms with Crippen LogP contribution >= 0.6 is 0 Å². The van der Waals surface area contributed by atoms with E-state index in [4.69, 9.17) is 18.7 Å². The summed E-state index contributed by atoms with van der Waals surface area (Å²) >= 11 is 0. The first-order valence-corrected chi connectivity index (χ1v) is 9.49. The van der Waals surface area contributed by atoms with Gasteiger partial charge in [-0.15, -0.1) is 0 Å². The third kappa shape index (κ3) is 5.08. The van der Waals surface area contributed by atoms with Crippen LogP contribution in [0.3, 0.4) is 0 Å². The number of anilines is 1. The number of aryl methyl sites for hydroxylation is 1. The smallest absolute Gasteiger partial charge is 0.226 e. The van der Waals surface area contributed by atoms with Crippen LogP contribution in [0.25, 0.3) is 5.57 Å². The van der Waals surface area contributed by atoms with E-state index in [0.29, 0.717) is 30.3 Å². The topological polar surface area (TPSA) is 86.1 Å². The van der Waals surface area contributed by atoms with Crippen molar-refractivity contribution < 1.29 is 23.5 Å². The average molecular weight is 401 g/mol. The van der Waals surface area contributed by atoms with Crippen molar-refractivity contribution in [3.05, 3.63) is 35.6 Å². The lowest BCUT2D eigenvalue weighted by Gasteiger charge is -2.27. The van der Waals surface area contributed by atoms with Crippen molar-refractivity contribution in [3.8, 4) is 17.2 Å². The minimum Gasteiger partial charge on any atom is -0.496 e. The van der Waals surface area contributed by atoms with Gasteiger partial charge in [-0.2, -0.15) is 0 Å². The molecule has 0 saturated carbocycles. The molecule has 8 heteroatoms. The van der Waals surface area contributed by atoms with Crippen molar-refractivity contribution in [1.29, 1.82) is 0 Å². The minimum atomic E-state index is -0.0773. The molecule has 2 aromatic rings. The number of methoxy groups -OCH3 is 3. The molecule has 0 atom stereocenters. The third-order valence-corrected chi connectivity index (χ3v) is 4.88. The van der Waals surface area contributed by atoms with Crippen LogP contribution in [0.1, 0.15) is 24.2 Å². The third-order valence-electron chi connectivity index (χ3n) is 4.88. The number of hydrogen-bond acceptors (Lipinski definition) is 7. The second-order valence-electron chi connectivity index (χ2n) is 6.81. The Morgan fingerprint density at radius 1 is 1.17 bits per heavy atom. The molecule has 1 N–H and O–H groups in total. The van der Waals surface area contributed by atoms with Gasteiger partial charge in [-0.1, -0.05) is 11.2 Å². The molecule has 0 bridgehead atoms. The first kappa shape index (κ1) is 20.7. The highest BCUT2D eigenvalue weighted by atomic mass is 16.5. The molecule has 1 aliphatic heterocycles. The molecule has 0 spiro atoms. The largest absolute Gasteiger partial charge is 0.496 e. The highest BCUT2D eigenvalue weighted by Crippen LogP contribution is 2.40. The zero-order valence-electron chi connectivity index (χ0n) is 17.3. The van der Waals surface area contributed by atoms with E-state index in [1.54, 1.807) is 34.3 Å². The van der Waals surface area contributed by atoms with Gasteiger partial charge in [-0.25, -0.2) is 0 Å². The second-order valence-corrected chi connectivity index (χ2v) is 6.81. The summed E-state index contributed by atoms with van der Waals surface area (Å²) in [4.78, 5) is 14.3. The number of carbonyl (C=O) groups excluding carboxylic acids is 1. The van der Waals surface area contributed by atoms with Crippen LogP contribution in [0, 0.1) is 6.92 Å². The van der Waals surface area contributed by atoms with Crippen molar-refractivity contribution in [2.24, 2.45) is 0 Å². The van der Waals surface area contributed by atoms with Crippen molar-refractivity contribution >= 4 is 17.3 Å². The summed E-state index contributed by atoms with van der Waals surface area (Å²) < 4.78 is 21.4. The molecule has 29 heavy (non-hydrogen) atoms. The summed E-state index contributed by atoms with van der Waals surface area (Å²) in [5.74, 6) is 3.18. The maximum Gasteiger partial charge on any atom is 0.226 e. The van der Waals surface area contributed by atoms with E-state index >= 15 is 0 Å². The Hall–Kier alpha value is -3.00. The number of hydrogen-bond donors (Lipinski definition) is 1. The molecular weight excluding hydrogens is 374 g/mol. The predicted octanol–water partition coefficient (Wildman–Crippen LogP) is 3.13. The van der Waals surface area contributed by atoms with Gasteiger partial charge in [0, 0.05) is 44.3 Å². The van der Waals surface area contributed by atoms with Gasteiger partial charge in [0.05, 0.1) is 26.9 Å². The summed E-state index contributed by atoms with van der Waals surface area (Å²) in [6.07, 6.45) is 3.39. The van der Waals surface area contributed by atoms with Gasteiger partial charge in [0.2, 0.25) is 5.91 Å². The molecule has 0 saturated heterocycles. The molecule has 0 radical (unpaired) electrons. The standard InChI is InChI=1S/C21H27N3O5/c1-14-11-19(23-29-14)22-20(25)7-10-24-8-5-15(6-9-24)21-17(27-3)12-16(26-2)13-18(21)28-4/h5,11-13H,6-10H2,1-4H3,(H,22,23,25). The van der Waals surface area contributed by atoms with E-state index in [2.05, 4.69) is 21.4 Å². The highest BCUT2D eigenvalue weighted by Gasteiger charge is 2.21. The van der Waals surface area contributed by atoms with E-state index < -0.39 is 0 Å². The fraction of sp³-hybridized carbons (Fsp3) is 0.429. The Bertz CT molecular complexity index is 865. The molecule has 0 aliphatic carbocycles. The Kier molecular flexibility index (Phi) is 6.77. The Labute approximate surface area is 170 Å². The summed E-state index contributed by atoms with van der Waals surface area (Å²) in [5.41, 5.74) is 2.12. The van der Waals surface area contributed by atoms with Crippen LogP contribution in [0.2, 0.25) is 0 Å². The zero-order chi connectivity index (χ0) is 20.8. The van der Waals surface area contributed by atoms with Crippen molar-refractivity contribution in [2.45, 2.75) is 19.8 Å². The Morgan fingerprint density at radius 3 is 2.41 bits per heavy atom. The SMILES string of the molecule is COc1cc(OC)c(C2=CCN(CCC(=O)Nc3cc(C)on3)CC2)c(OC)c1. The molecule has 1 aromatic heterocycles. The number of carbonyl (C=O) groups is 1. The molecule has 1 amide bonds. The normalized spacial score (nSPS) is 14.3. The van der Waals surface area contributed by atoms with Crippen molar-refractivity contribution in [3.63, 3.8) is 0 Å². The van der Waals surface area contributed by atoms with Crippen molar-refractivity contribution in [2.75, 3.05) is 46.3 Å². The minimum absolute atomic E-state index is 0.0773. The van der Waals surface area contributed by atoms with Gasteiger partial charge in [-0.3, -0.25) is 9.69 Å². The molecule has 8 nitrogen and oxygen atoms in total. The molecule has 0 fully saturated rings. The lowest BCUT2D eigenvalue weighted by Crippen LogP contribution is -2.31. The maximum absolute atomic E-state index is 12.1. The van der Waals surface area contributed by atoms with Crippen LogP contribution in [0.4, 0.5) is 5.82 Å². The summed E-state index contributed by atoms with van der Waals surface area (Å²) in [7, 11) is 4.90. The summed E-state index contributed by atoms with van der Waals surface area (Å²) in [6.45, 7) is 4.06. The van der Waals surface area contributed by atoms with Gasteiger partial charge >= 0.3 is 0 Å². The van der Waals surface area contributed by atoms with E-state index in [0.717, 1.165) is 36.6 Å². The lowest BCUT2D eigenvalue weighted by atomic mass is 9.97. The average Bonchev–Trinajstić information content (AvgIpc) is 3.15. The molecule has 156 valence electrons. The zero-order valence-corrected chi connectivity index (χ0v) is 17.3.